The molecule has 1 aliphatic carbocycles. The van der Waals surface area contributed by atoms with Gasteiger partial charge in [-0.1, -0.05) is 24.2 Å². The Hall–Kier alpha value is -3.00. The van der Waals surface area contributed by atoms with Crippen LogP contribution in [-0.4, -0.2) is 39.0 Å². The lowest BCUT2D eigenvalue weighted by Gasteiger charge is -2.25. The fourth-order valence-electron chi connectivity index (χ4n) is 3.69. The largest absolute Gasteiger partial charge is 0.377 e. The molecule has 144 valence electrons. The molecule has 5 rings (SSSR count). The summed E-state index contributed by atoms with van der Waals surface area (Å²) in [6, 6.07) is 6.39. The molecule has 1 aliphatic heterocycles. The van der Waals surface area contributed by atoms with E-state index in [1.165, 1.54) is 5.56 Å². The third kappa shape index (κ3) is 2.99. The zero-order valence-corrected chi connectivity index (χ0v) is 15.6. The van der Waals surface area contributed by atoms with E-state index in [4.69, 9.17) is 9.26 Å². The van der Waals surface area contributed by atoms with E-state index in [0.29, 0.717) is 30.5 Å². The highest BCUT2D eigenvalue weighted by Gasteiger charge is 2.27. The topological polar surface area (TPSA) is 95.1 Å². The summed E-state index contributed by atoms with van der Waals surface area (Å²) in [5.74, 6) is 1.15. The van der Waals surface area contributed by atoms with E-state index in [0.717, 1.165) is 30.4 Å². The lowest BCUT2D eigenvalue weighted by atomic mass is 10.0. The number of hydrogen-bond donors (Lipinski definition) is 1. The first-order chi connectivity index (χ1) is 13.7. The SMILES string of the molecule is CCc1nc(-c2ccc3c(c2)CC[C@H]3NC(=O)c2cnn(C3COC3)c2)no1. The van der Waals surface area contributed by atoms with Gasteiger partial charge in [-0.15, -0.1) is 0 Å². The number of carbonyl (C=O) groups excluding carboxylic acids is 1. The molecule has 3 heterocycles. The molecule has 2 aromatic heterocycles. The molecule has 0 saturated carbocycles. The molecule has 0 spiro atoms. The minimum absolute atomic E-state index is 0.00315. The zero-order chi connectivity index (χ0) is 19.1. The van der Waals surface area contributed by atoms with Crippen LogP contribution in [0.1, 0.15) is 52.8 Å². The van der Waals surface area contributed by atoms with Gasteiger partial charge in [0.25, 0.3) is 5.91 Å². The van der Waals surface area contributed by atoms with Crippen molar-refractivity contribution in [2.24, 2.45) is 0 Å². The first-order valence-corrected chi connectivity index (χ1v) is 9.60. The number of fused-ring (bicyclic) bond motifs is 1. The minimum atomic E-state index is -0.0980. The predicted octanol–water partition coefficient (Wildman–Crippen LogP) is 2.48. The molecule has 0 unspecified atom stereocenters. The van der Waals surface area contributed by atoms with Crippen LogP contribution in [0.25, 0.3) is 11.4 Å². The standard InChI is InChI=1S/C20H21N5O3/c1-2-18-23-19(24-28-18)13-3-5-16-12(7-13)4-6-17(16)22-20(26)14-8-21-25(9-14)15-10-27-11-15/h3,5,7-9,15,17H,2,4,6,10-11H2,1H3,(H,22,26)/t17-/m1/s1. The molecule has 28 heavy (non-hydrogen) atoms. The number of carbonyl (C=O) groups is 1. The van der Waals surface area contributed by atoms with Crippen LogP contribution in [0.4, 0.5) is 0 Å². The van der Waals surface area contributed by atoms with E-state index in [1.54, 1.807) is 12.4 Å². The Labute approximate surface area is 161 Å². The van der Waals surface area contributed by atoms with Gasteiger partial charge in [0.15, 0.2) is 0 Å². The van der Waals surface area contributed by atoms with E-state index in [1.807, 2.05) is 17.7 Å². The summed E-state index contributed by atoms with van der Waals surface area (Å²) < 4.78 is 12.2. The van der Waals surface area contributed by atoms with Crippen molar-refractivity contribution in [2.45, 2.75) is 38.3 Å². The maximum absolute atomic E-state index is 12.6. The first-order valence-electron chi connectivity index (χ1n) is 9.60. The van der Waals surface area contributed by atoms with Crippen molar-refractivity contribution in [2.75, 3.05) is 13.2 Å². The summed E-state index contributed by atoms with van der Waals surface area (Å²) in [7, 11) is 0. The molecule has 1 fully saturated rings. The van der Waals surface area contributed by atoms with Crippen molar-refractivity contribution >= 4 is 5.91 Å². The second-order valence-electron chi connectivity index (χ2n) is 7.24. The molecule has 0 radical (unpaired) electrons. The zero-order valence-electron chi connectivity index (χ0n) is 15.6. The number of nitrogens with one attached hydrogen (secondary N) is 1. The molecular weight excluding hydrogens is 358 g/mol. The maximum Gasteiger partial charge on any atom is 0.254 e. The second kappa shape index (κ2) is 6.87. The van der Waals surface area contributed by atoms with Gasteiger partial charge in [0.2, 0.25) is 11.7 Å². The van der Waals surface area contributed by atoms with Gasteiger partial charge in [-0.3, -0.25) is 9.48 Å². The van der Waals surface area contributed by atoms with E-state index in [2.05, 4.69) is 32.7 Å². The van der Waals surface area contributed by atoms with Crippen LogP contribution in [-0.2, 0) is 17.6 Å². The molecule has 1 saturated heterocycles. The van der Waals surface area contributed by atoms with E-state index in [-0.39, 0.29) is 18.0 Å². The lowest BCUT2D eigenvalue weighted by Crippen LogP contribution is -2.31. The summed E-state index contributed by atoms with van der Waals surface area (Å²) in [4.78, 5) is 17.0. The smallest absolute Gasteiger partial charge is 0.254 e. The lowest BCUT2D eigenvalue weighted by molar-refractivity contribution is -0.0286. The van der Waals surface area contributed by atoms with Crippen LogP contribution in [0.2, 0.25) is 0 Å². The van der Waals surface area contributed by atoms with Gasteiger partial charge in [-0.05, 0) is 30.0 Å². The Morgan fingerprint density at radius 2 is 2.25 bits per heavy atom. The van der Waals surface area contributed by atoms with Crippen molar-refractivity contribution in [1.29, 1.82) is 0 Å². The van der Waals surface area contributed by atoms with Crippen LogP contribution in [0.15, 0.2) is 35.1 Å². The van der Waals surface area contributed by atoms with E-state index >= 15 is 0 Å². The fourth-order valence-corrected chi connectivity index (χ4v) is 3.69. The third-order valence-electron chi connectivity index (χ3n) is 5.41. The summed E-state index contributed by atoms with van der Waals surface area (Å²) >= 11 is 0. The van der Waals surface area contributed by atoms with Crippen molar-refractivity contribution in [1.82, 2.24) is 25.2 Å². The van der Waals surface area contributed by atoms with Gasteiger partial charge in [0.05, 0.1) is 37.1 Å². The van der Waals surface area contributed by atoms with Crippen LogP contribution < -0.4 is 5.32 Å². The number of benzene rings is 1. The van der Waals surface area contributed by atoms with Crippen molar-refractivity contribution in [3.05, 3.63) is 53.2 Å². The fraction of sp³-hybridized carbons (Fsp3) is 0.400. The molecule has 1 aromatic carbocycles. The van der Waals surface area contributed by atoms with Crippen LogP contribution in [0, 0.1) is 0 Å². The monoisotopic (exact) mass is 379 g/mol. The Morgan fingerprint density at radius 1 is 1.36 bits per heavy atom. The maximum atomic E-state index is 12.6. The van der Waals surface area contributed by atoms with Gasteiger partial charge < -0.3 is 14.6 Å². The Bertz CT molecular complexity index is 1020. The quantitative estimate of drug-likeness (QED) is 0.732. The highest BCUT2D eigenvalue weighted by Crippen LogP contribution is 2.34. The van der Waals surface area contributed by atoms with Gasteiger partial charge in [-0.25, -0.2) is 0 Å². The van der Waals surface area contributed by atoms with Gasteiger partial charge in [-0.2, -0.15) is 10.1 Å². The first kappa shape index (κ1) is 17.1. The normalized spacial score (nSPS) is 18.7. The van der Waals surface area contributed by atoms with Crippen LogP contribution in [0.5, 0.6) is 0 Å². The Morgan fingerprint density at radius 3 is 3.00 bits per heavy atom. The van der Waals surface area contributed by atoms with Crippen molar-refractivity contribution in [3.63, 3.8) is 0 Å². The molecule has 1 N–H and O–H groups in total. The van der Waals surface area contributed by atoms with E-state index < -0.39 is 0 Å². The molecule has 3 aromatic rings. The van der Waals surface area contributed by atoms with Crippen LogP contribution in [0.3, 0.4) is 0 Å². The molecule has 8 heteroatoms. The summed E-state index contributed by atoms with van der Waals surface area (Å²) in [6.45, 7) is 3.29. The second-order valence-corrected chi connectivity index (χ2v) is 7.24. The van der Waals surface area contributed by atoms with Gasteiger partial charge in [0, 0.05) is 18.2 Å². The van der Waals surface area contributed by atoms with Gasteiger partial charge in [0.1, 0.15) is 0 Å². The number of nitrogens with zero attached hydrogens (tertiary/aromatic N) is 4. The average molecular weight is 379 g/mol. The third-order valence-corrected chi connectivity index (χ3v) is 5.41. The number of amides is 1. The number of aromatic nitrogens is 4. The Kier molecular flexibility index (Phi) is 4.20. The molecule has 1 atom stereocenters. The summed E-state index contributed by atoms with van der Waals surface area (Å²) in [6.07, 6.45) is 5.92. The van der Waals surface area contributed by atoms with E-state index in [9.17, 15) is 4.79 Å². The number of hydrogen-bond acceptors (Lipinski definition) is 6. The number of rotatable bonds is 5. The molecule has 8 nitrogen and oxygen atoms in total. The minimum Gasteiger partial charge on any atom is -0.377 e. The van der Waals surface area contributed by atoms with Crippen molar-refractivity contribution < 1.29 is 14.1 Å². The van der Waals surface area contributed by atoms with Crippen molar-refractivity contribution in [3.8, 4) is 11.4 Å². The summed E-state index contributed by atoms with van der Waals surface area (Å²) in [5.41, 5.74) is 3.89. The summed E-state index contributed by atoms with van der Waals surface area (Å²) in [5, 5.41) is 11.5. The van der Waals surface area contributed by atoms with Crippen LogP contribution >= 0.6 is 0 Å². The Balaban J connectivity index is 1.30. The molecule has 1 amide bonds. The van der Waals surface area contributed by atoms with Gasteiger partial charge >= 0.3 is 0 Å². The number of aryl methyl sites for hydroxylation is 2. The number of ether oxygens (including phenoxy) is 1. The molecular formula is C20H21N5O3. The average Bonchev–Trinajstić information content (AvgIpc) is 3.39. The molecule has 2 aliphatic rings. The highest BCUT2D eigenvalue weighted by molar-refractivity contribution is 5.94. The predicted molar refractivity (Wildman–Crippen MR) is 99.7 cm³/mol. The molecule has 0 bridgehead atoms. The highest BCUT2D eigenvalue weighted by atomic mass is 16.5.